The van der Waals surface area contributed by atoms with Crippen molar-refractivity contribution < 1.29 is 37.4 Å². The lowest BCUT2D eigenvalue weighted by Gasteiger charge is -2.25. The zero-order valence-corrected chi connectivity index (χ0v) is 24.7. The molecular formula is C28H32FN4O9P. The number of nitrogens with one attached hydrogen (secondary N) is 3. The molecule has 0 bridgehead atoms. The fourth-order valence-corrected chi connectivity index (χ4v) is 6.44. The Hall–Kier alpha value is -3.81. The fraction of sp³-hybridized carbons (Fsp3) is 0.393. The highest BCUT2D eigenvalue weighted by Gasteiger charge is 2.56. The Morgan fingerprint density at radius 1 is 1.14 bits per heavy atom. The second kappa shape index (κ2) is 11.7. The van der Waals surface area contributed by atoms with Crippen molar-refractivity contribution in [2.24, 2.45) is 0 Å². The van der Waals surface area contributed by atoms with Gasteiger partial charge in [0.2, 0.25) is 0 Å². The molecule has 4 N–H and O–H groups in total. The summed E-state index contributed by atoms with van der Waals surface area (Å²) < 4.78 is 53.3. The maximum Gasteiger partial charge on any atom is 0.459 e. The van der Waals surface area contributed by atoms with Gasteiger partial charge in [0.15, 0.2) is 11.9 Å². The normalized spacial score (nSPS) is 24.3. The second-order valence-corrected chi connectivity index (χ2v) is 12.4. The third-order valence-electron chi connectivity index (χ3n) is 7.00. The van der Waals surface area contributed by atoms with Crippen LogP contribution < -0.4 is 20.9 Å². The molecule has 0 saturated carbocycles. The van der Waals surface area contributed by atoms with Crippen molar-refractivity contribution in [3.8, 4) is 5.75 Å². The van der Waals surface area contributed by atoms with Crippen LogP contribution in [0.3, 0.4) is 0 Å². The molecule has 0 aliphatic carbocycles. The molecule has 0 amide bonds. The van der Waals surface area contributed by atoms with Gasteiger partial charge in [0.05, 0.1) is 18.2 Å². The van der Waals surface area contributed by atoms with Gasteiger partial charge in [-0.1, -0.05) is 24.3 Å². The second-order valence-electron chi connectivity index (χ2n) is 10.7. The number of H-pyrrole nitrogens is 2. The van der Waals surface area contributed by atoms with Crippen LogP contribution in [0.25, 0.3) is 21.8 Å². The van der Waals surface area contributed by atoms with Crippen LogP contribution in [0.5, 0.6) is 5.75 Å². The number of fused-ring (bicyclic) bond motifs is 3. The SMILES string of the molecule is CC(C)OC(=O)[C@H](C)NP(=O)(OC[C@H]1O[C@@H](n2ccc(=O)[nH]c2=O)[C@](C)(F)[C@@H]1O)Oc1cccc2[nH]c3ccccc3c12. The standard InChI is InChI=1S/C28H32FN4O9P/c1-15(2)40-25(36)16(3)32-43(38,42-20-11-7-10-19-23(20)17-8-5-6-9-18(17)30-19)39-14-21-24(35)28(4,29)26(41-21)33-13-12-22(34)31-27(33)37/h5-13,15-16,21,24,26,30,35H,14H2,1-4H3,(H,32,38)(H,31,34,37)/t16-,21+,24+,26+,28+,43?/m0/s1. The Bertz CT molecular complexity index is 1820. The van der Waals surface area contributed by atoms with E-state index in [2.05, 4.69) is 10.1 Å². The number of benzene rings is 2. The van der Waals surface area contributed by atoms with Crippen LogP contribution in [-0.4, -0.2) is 62.2 Å². The number of aromatic amines is 2. The van der Waals surface area contributed by atoms with Crippen molar-refractivity contribution in [1.82, 2.24) is 19.6 Å². The molecule has 5 rings (SSSR count). The Labute approximate surface area is 244 Å². The van der Waals surface area contributed by atoms with Crippen molar-refractivity contribution in [2.45, 2.75) is 63.9 Å². The number of carbonyl (C=O) groups excluding carboxylic acids is 1. The molecule has 0 spiro atoms. The minimum atomic E-state index is -4.48. The summed E-state index contributed by atoms with van der Waals surface area (Å²) in [5, 5.41) is 14.7. The molecule has 43 heavy (non-hydrogen) atoms. The molecule has 15 heteroatoms. The third-order valence-corrected chi connectivity index (χ3v) is 8.63. The molecule has 13 nitrogen and oxygen atoms in total. The first-order valence-corrected chi connectivity index (χ1v) is 15.1. The number of aromatic nitrogens is 3. The van der Waals surface area contributed by atoms with E-state index in [1.54, 1.807) is 26.0 Å². The number of aliphatic hydroxyl groups is 1. The topological polar surface area (TPSA) is 174 Å². The zero-order valence-electron chi connectivity index (χ0n) is 23.8. The van der Waals surface area contributed by atoms with E-state index >= 15 is 4.39 Å². The summed E-state index contributed by atoms with van der Waals surface area (Å²) in [6.45, 7) is 5.08. The van der Waals surface area contributed by atoms with E-state index < -0.39 is 67.8 Å². The maximum absolute atomic E-state index is 15.7. The Morgan fingerprint density at radius 3 is 2.58 bits per heavy atom. The molecule has 0 radical (unpaired) electrons. The number of hydrogen-bond acceptors (Lipinski definition) is 9. The van der Waals surface area contributed by atoms with E-state index in [1.807, 2.05) is 35.3 Å². The average Bonchev–Trinajstić information content (AvgIpc) is 3.42. The minimum Gasteiger partial charge on any atom is -0.462 e. The molecule has 3 heterocycles. The number of ether oxygens (including phenoxy) is 2. The molecule has 1 unspecified atom stereocenters. The fourth-order valence-electron chi connectivity index (χ4n) is 4.92. The van der Waals surface area contributed by atoms with Crippen molar-refractivity contribution in [3.05, 3.63) is 75.6 Å². The average molecular weight is 619 g/mol. The molecule has 2 aromatic heterocycles. The van der Waals surface area contributed by atoms with E-state index in [1.165, 1.54) is 6.92 Å². The van der Waals surface area contributed by atoms with Crippen LogP contribution in [0.2, 0.25) is 0 Å². The molecular weight excluding hydrogens is 586 g/mol. The highest BCUT2D eigenvalue weighted by atomic mass is 31.2. The molecule has 4 aromatic rings. The number of nitrogens with zero attached hydrogens (tertiary/aromatic N) is 1. The van der Waals surface area contributed by atoms with Gasteiger partial charge in [0.25, 0.3) is 5.56 Å². The molecule has 1 aliphatic rings. The van der Waals surface area contributed by atoms with Crippen LogP contribution in [0, 0.1) is 0 Å². The number of para-hydroxylation sites is 1. The Morgan fingerprint density at radius 2 is 1.86 bits per heavy atom. The van der Waals surface area contributed by atoms with Crippen LogP contribution >= 0.6 is 7.75 Å². The Balaban J connectivity index is 1.45. The highest BCUT2D eigenvalue weighted by molar-refractivity contribution is 7.52. The van der Waals surface area contributed by atoms with E-state index in [9.17, 15) is 24.1 Å². The van der Waals surface area contributed by atoms with Crippen molar-refractivity contribution in [3.63, 3.8) is 0 Å². The summed E-state index contributed by atoms with van der Waals surface area (Å²) >= 11 is 0. The minimum absolute atomic E-state index is 0.163. The first kappa shape index (κ1) is 30.6. The number of esters is 1. The summed E-state index contributed by atoms with van der Waals surface area (Å²) in [5.74, 6) is -0.560. The van der Waals surface area contributed by atoms with Gasteiger partial charge in [-0.15, -0.1) is 0 Å². The number of aliphatic hydroxyl groups excluding tert-OH is 1. The Kier molecular flexibility index (Phi) is 8.34. The molecule has 1 saturated heterocycles. The number of rotatable bonds is 10. The molecule has 2 aromatic carbocycles. The van der Waals surface area contributed by atoms with Crippen molar-refractivity contribution in [2.75, 3.05) is 6.61 Å². The van der Waals surface area contributed by atoms with Crippen molar-refractivity contribution in [1.29, 1.82) is 0 Å². The van der Waals surface area contributed by atoms with Gasteiger partial charge in [-0.25, -0.2) is 13.8 Å². The van der Waals surface area contributed by atoms with Crippen LogP contribution in [0.4, 0.5) is 4.39 Å². The van der Waals surface area contributed by atoms with Crippen LogP contribution in [-0.2, 0) is 23.4 Å². The summed E-state index contributed by atoms with van der Waals surface area (Å²) in [6.07, 6.45) is -4.33. The van der Waals surface area contributed by atoms with Crippen molar-refractivity contribution >= 4 is 35.5 Å². The summed E-state index contributed by atoms with van der Waals surface area (Å²) in [6, 6.07) is 12.3. The lowest BCUT2D eigenvalue weighted by atomic mass is 9.98. The maximum atomic E-state index is 15.7. The van der Waals surface area contributed by atoms with Gasteiger partial charge in [-0.2, -0.15) is 5.09 Å². The first-order valence-electron chi connectivity index (χ1n) is 13.5. The van der Waals surface area contributed by atoms with Crippen LogP contribution in [0.15, 0.2) is 64.3 Å². The third kappa shape index (κ3) is 6.15. The predicted octanol–water partition coefficient (Wildman–Crippen LogP) is 3.29. The summed E-state index contributed by atoms with van der Waals surface area (Å²) in [5.41, 5.74) is -2.66. The largest absolute Gasteiger partial charge is 0.462 e. The van der Waals surface area contributed by atoms with Gasteiger partial charge in [-0.3, -0.25) is 23.7 Å². The van der Waals surface area contributed by atoms with E-state index in [-0.39, 0.29) is 5.75 Å². The number of halogens is 1. The summed E-state index contributed by atoms with van der Waals surface area (Å²) in [4.78, 5) is 41.7. The lowest BCUT2D eigenvalue weighted by molar-refractivity contribution is -0.149. The lowest BCUT2D eigenvalue weighted by Crippen LogP contribution is -2.43. The number of carbonyl (C=O) groups is 1. The number of alkyl halides is 1. The van der Waals surface area contributed by atoms with Gasteiger partial charge in [0.1, 0.15) is 24.0 Å². The van der Waals surface area contributed by atoms with Gasteiger partial charge in [0, 0.05) is 28.6 Å². The van der Waals surface area contributed by atoms with Gasteiger partial charge in [-0.05, 0) is 45.9 Å². The highest BCUT2D eigenvalue weighted by Crippen LogP contribution is 2.49. The monoisotopic (exact) mass is 618 g/mol. The van der Waals surface area contributed by atoms with Crippen LogP contribution in [0.1, 0.15) is 33.9 Å². The quantitative estimate of drug-likeness (QED) is 0.153. The van der Waals surface area contributed by atoms with E-state index in [0.717, 1.165) is 34.7 Å². The molecule has 6 atom stereocenters. The smallest absolute Gasteiger partial charge is 0.459 e. The van der Waals surface area contributed by atoms with E-state index in [4.69, 9.17) is 18.5 Å². The molecule has 1 fully saturated rings. The first-order chi connectivity index (χ1) is 20.3. The van der Waals surface area contributed by atoms with Gasteiger partial charge >= 0.3 is 19.4 Å². The molecule has 230 valence electrons. The summed E-state index contributed by atoms with van der Waals surface area (Å²) in [7, 11) is -4.48. The van der Waals surface area contributed by atoms with Gasteiger partial charge < -0.3 is 24.1 Å². The predicted molar refractivity (Wildman–Crippen MR) is 155 cm³/mol. The number of hydrogen-bond donors (Lipinski definition) is 4. The van der Waals surface area contributed by atoms with E-state index in [0.29, 0.717) is 10.9 Å². The zero-order chi connectivity index (χ0) is 31.1. The molecule has 1 aliphatic heterocycles.